The molecule has 0 amide bonds. The van der Waals surface area contributed by atoms with Gasteiger partial charge in [0.05, 0.1) is 5.75 Å². The van der Waals surface area contributed by atoms with E-state index in [4.69, 9.17) is 5.73 Å². The topological polar surface area (TPSA) is 72.2 Å². The summed E-state index contributed by atoms with van der Waals surface area (Å²) in [6.07, 6.45) is 2.57. The monoisotopic (exact) mass is 256 g/mol. The lowest BCUT2D eigenvalue weighted by Gasteiger charge is -2.08. The highest BCUT2D eigenvalue weighted by Crippen LogP contribution is 2.12. The van der Waals surface area contributed by atoms with Crippen LogP contribution < -0.4 is 10.5 Å². The lowest BCUT2D eigenvalue weighted by Crippen LogP contribution is -2.18. The zero-order valence-electron chi connectivity index (χ0n) is 10.1. The fraction of sp³-hybridized carbons (Fsp3) is 0.500. The van der Waals surface area contributed by atoms with Crippen molar-refractivity contribution in [2.24, 2.45) is 5.73 Å². The van der Waals surface area contributed by atoms with Gasteiger partial charge in [-0.25, -0.2) is 8.42 Å². The van der Waals surface area contributed by atoms with Crippen molar-refractivity contribution >= 4 is 15.7 Å². The van der Waals surface area contributed by atoms with Crippen LogP contribution in [0.1, 0.15) is 25.3 Å². The molecule has 0 atom stereocenters. The summed E-state index contributed by atoms with van der Waals surface area (Å²) in [4.78, 5) is 0. The van der Waals surface area contributed by atoms with Crippen molar-refractivity contribution < 1.29 is 8.42 Å². The molecule has 1 rings (SSSR count). The molecule has 1 aromatic carbocycles. The summed E-state index contributed by atoms with van der Waals surface area (Å²) in [6.45, 7) is 2.50. The minimum absolute atomic E-state index is 0.0697. The van der Waals surface area contributed by atoms with Gasteiger partial charge in [0.2, 0.25) is 10.0 Å². The van der Waals surface area contributed by atoms with Crippen LogP contribution in [-0.2, 0) is 16.4 Å². The van der Waals surface area contributed by atoms with Crippen LogP contribution in [0.15, 0.2) is 24.3 Å². The summed E-state index contributed by atoms with van der Waals surface area (Å²) in [5, 5.41) is 0. The summed E-state index contributed by atoms with van der Waals surface area (Å²) < 4.78 is 25.7. The normalized spacial score (nSPS) is 11.4. The molecule has 0 saturated carbocycles. The Morgan fingerprint density at radius 3 is 2.41 bits per heavy atom. The first-order valence-electron chi connectivity index (χ1n) is 5.87. The second kappa shape index (κ2) is 6.61. The Kier molecular flexibility index (Phi) is 5.44. The standard InChI is InChI=1S/C12H20N2O2S/c1-2-4-11-5-7-12(8-6-11)14-17(15,16)10-3-9-13/h5-8,14H,2-4,9-10,13H2,1H3. The van der Waals surface area contributed by atoms with Crippen LogP contribution in [0.3, 0.4) is 0 Å². The highest BCUT2D eigenvalue weighted by Gasteiger charge is 2.09. The summed E-state index contributed by atoms with van der Waals surface area (Å²) >= 11 is 0. The van der Waals surface area contributed by atoms with Crippen molar-refractivity contribution in [3.05, 3.63) is 29.8 Å². The van der Waals surface area contributed by atoms with Gasteiger partial charge in [-0.2, -0.15) is 0 Å². The number of nitrogens with two attached hydrogens (primary N) is 1. The molecule has 0 aliphatic carbocycles. The van der Waals surface area contributed by atoms with E-state index in [1.54, 1.807) is 12.1 Å². The van der Waals surface area contributed by atoms with Crippen LogP contribution in [0.4, 0.5) is 5.69 Å². The Morgan fingerprint density at radius 1 is 1.24 bits per heavy atom. The van der Waals surface area contributed by atoms with Crippen molar-refractivity contribution in [2.45, 2.75) is 26.2 Å². The Labute approximate surface area is 103 Å². The van der Waals surface area contributed by atoms with Gasteiger partial charge in [-0.05, 0) is 37.1 Å². The molecule has 0 aromatic heterocycles. The second-order valence-electron chi connectivity index (χ2n) is 4.01. The Bertz CT molecular complexity index is 426. The Balaban J connectivity index is 2.62. The predicted molar refractivity (Wildman–Crippen MR) is 71.5 cm³/mol. The Morgan fingerprint density at radius 2 is 1.88 bits per heavy atom. The van der Waals surface area contributed by atoms with Gasteiger partial charge in [-0.1, -0.05) is 25.5 Å². The van der Waals surface area contributed by atoms with Gasteiger partial charge in [0.15, 0.2) is 0 Å². The van der Waals surface area contributed by atoms with Gasteiger partial charge in [0.1, 0.15) is 0 Å². The van der Waals surface area contributed by atoms with Gasteiger partial charge in [-0.15, -0.1) is 0 Å². The van der Waals surface area contributed by atoms with E-state index in [1.165, 1.54) is 5.56 Å². The number of nitrogens with one attached hydrogen (secondary N) is 1. The average molecular weight is 256 g/mol. The number of hydrogen-bond acceptors (Lipinski definition) is 3. The lowest BCUT2D eigenvalue weighted by atomic mass is 10.1. The minimum Gasteiger partial charge on any atom is -0.330 e. The van der Waals surface area contributed by atoms with Crippen molar-refractivity contribution in [1.29, 1.82) is 0 Å². The molecular formula is C12H20N2O2S. The van der Waals surface area contributed by atoms with Gasteiger partial charge >= 0.3 is 0 Å². The van der Waals surface area contributed by atoms with Crippen LogP contribution >= 0.6 is 0 Å². The molecule has 0 radical (unpaired) electrons. The molecule has 96 valence electrons. The zero-order chi connectivity index (χ0) is 12.7. The maximum Gasteiger partial charge on any atom is 0.232 e. The van der Waals surface area contributed by atoms with E-state index in [0.29, 0.717) is 18.7 Å². The molecule has 0 spiro atoms. The van der Waals surface area contributed by atoms with Crippen molar-refractivity contribution in [3.63, 3.8) is 0 Å². The molecule has 0 unspecified atom stereocenters. The molecule has 5 heteroatoms. The SMILES string of the molecule is CCCc1ccc(NS(=O)(=O)CCCN)cc1. The van der Waals surface area contributed by atoms with E-state index in [9.17, 15) is 8.42 Å². The molecule has 3 N–H and O–H groups in total. The number of hydrogen-bond donors (Lipinski definition) is 2. The molecule has 0 saturated heterocycles. The quantitative estimate of drug-likeness (QED) is 0.780. The van der Waals surface area contributed by atoms with Crippen molar-refractivity contribution in [1.82, 2.24) is 0 Å². The van der Waals surface area contributed by atoms with E-state index in [2.05, 4.69) is 11.6 Å². The third kappa shape index (κ3) is 5.19. The molecule has 0 fully saturated rings. The smallest absolute Gasteiger partial charge is 0.232 e. The maximum absolute atomic E-state index is 11.6. The third-order valence-corrected chi connectivity index (χ3v) is 3.76. The molecule has 4 nitrogen and oxygen atoms in total. The van der Waals surface area contributed by atoms with Crippen LogP contribution in [0.2, 0.25) is 0 Å². The van der Waals surface area contributed by atoms with E-state index < -0.39 is 10.0 Å². The number of aryl methyl sites for hydroxylation is 1. The second-order valence-corrected chi connectivity index (χ2v) is 5.85. The third-order valence-electron chi connectivity index (χ3n) is 2.38. The van der Waals surface area contributed by atoms with Crippen LogP contribution in [0.25, 0.3) is 0 Å². The summed E-state index contributed by atoms with van der Waals surface area (Å²) in [7, 11) is -3.25. The summed E-state index contributed by atoms with van der Waals surface area (Å²) in [6, 6.07) is 7.49. The van der Waals surface area contributed by atoms with Crippen molar-refractivity contribution in [3.8, 4) is 0 Å². The molecule has 17 heavy (non-hydrogen) atoms. The van der Waals surface area contributed by atoms with E-state index >= 15 is 0 Å². The fourth-order valence-corrected chi connectivity index (χ4v) is 2.68. The van der Waals surface area contributed by atoms with Crippen LogP contribution in [-0.4, -0.2) is 20.7 Å². The highest BCUT2D eigenvalue weighted by atomic mass is 32.2. The molecule has 1 aromatic rings. The molecule has 0 aliphatic rings. The van der Waals surface area contributed by atoms with Crippen LogP contribution in [0, 0.1) is 0 Å². The first-order valence-corrected chi connectivity index (χ1v) is 7.52. The minimum atomic E-state index is -3.25. The van der Waals surface area contributed by atoms with Gasteiger partial charge in [0, 0.05) is 5.69 Å². The largest absolute Gasteiger partial charge is 0.330 e. The predicted octanol–water partition coefficient (Wildman–Crippen LogP) is 1.73. The van der Waals surface area contributed by atoms with E-state index in [-0.39, 0.29) is 5.75 Å². The summed E-state index contributed by atoms with van der Waals surface area (Å²) in [5.74, 6) is 0.0697. The number of benzene rings is 1. The van der Waals surface area contributed by atoms with E-state index in [0.717, 1.165) is 12.8 Å². The van der Waals surface area contributed by atoms with E-state index in [1.807, 2.05) is 12.1 Å². The van der Waals surface area contributed by atoms with Crippen LogP contribution in [0.5, 0.6) is 0 Å². The van der Waals surface area contributed by atoms with Gasteiger partial charge in [-0.3, -0.25) is 4.72 Å². The molecule has 0 aliphatic heterocycles. The zero-order valence-corrected chi connectivity index (χ0v) is 11.0. The lowest BCUT2D eigenvalue weighted by molar-refractivity contribution is 0.599. The summed E-state index contributed by atoms with van der Waals surface area (Å²) in [5.41, 5.74) is 7.12. The number of sulfonamides is 1. The first-order chi connectivity index (χ1) is 8.07. The first kappa shape index (κ1) is 14.0. The van der Waals surface area contributed by atoms with Crippen molar-refractivity contribution in [2.75, 3.05) is 17.0 Å². The molecule has 0 heterocycles. The molecular weight excluding hydrogens is 236 g/mol. The number of rotatable bonds is 7. The maximum atomic E-state index is 11.6. The fourth-order valence-electron chi connectivity index (χ4n) is 1.53. The highest BCUT2D eigenvalue weighted by molar-refractivity contribution is 7.92. The average Bonchev–Trinajstić information content (AvgIpc) is 2.29. The Hall–Kier alpha value is -1.07. The van der Waals surface area contributed by atoms with Gasteiger partial charge in [0.25, 0.3) is 0 Å². The number of anilines is 1. The molecule has 0 bridgehead atoms. The van der Waals surface area contributed by atoms with Gasteiger partial charge < -0.3 is 5.73 Å².